The van der Waals surface area contributed by atoms with E-state index in [1.165, 1.54) is 0 Å². The summed E-state index contributed by atoms with van der Waals surface area (Å²) in [7, 11) is 0. The predicted molar refractivity (Wildman–Crippen MR) is 59.3 cm³/mol. The van der Waals surface area contributed by atoms with Crippen molar-refractivity contribution in [2.45, 2.75) is 47.1 Å². The van der Waals surface area contributed by atoms with Crippen LogP contribution in [0.5, 0.6) is 0 Å². The average molecular weight is 197 g/mol. The predicted octanol–water partition coefficient (Wildman–Crippen LogP) is 2.33. The molecule has 0 spiro atoms. The van der Waals surface area contributed by atoms with Gasteiger partial charge in [0.05, 0.1) is 0 Å². The largest absolute Gasteiger partial charge is 0.299 e. The maximum absolute atomic E-state index is 11.8. The van der Waals surface area contributed by atoms with Crippen molar-refractivity contribution in [1.29, 1.82) is 0 Å². The van der Waals surface area contributed by atoms with Crippen LogP contribution in [0.3, 0.4) is 0 Å². The van der Waals surface area contributed by atoms with Crippen LogP contribution in [0, 0.1) is 11.3 Å². The molecule has 0 bridgehead atoms. The lowest BCUT2D eigenvalue weighted by Gasteiger charge is -2.41. The lowest BCUT2D eigenvalue weighted by Crippen LogP contribution is -2.53. The summed E-state index contributed by atoms with van der Waals surface area (Å²) < 4.78 is 0. The molecule has 0 aromatic rings. The number of nitrogens with zero attached hydrogens (tertiary/aromatic N) is 1. The van der Waals surface area contributed by atoms with Crippen molar-refractivity contribution in [1.82, 2.24) is 4.90 Å². The van der Waals surface area contributed by atoms with Crippen molar-refractivity contribution in [3.8, 4) is 0 Å². The highest BCUT2D eigenvalue weighted by Gasteiger charge is 2.34. The van der Waals surface area contributed by atoms with Gasteiger partial charge in [-0.1, -0.05) is 20.8 Å². The molecule has 1 fully saturated rings. The third-order valence-electron chi connectivity index (χ3n) is 2.80. The molecule has 1 aliphatic rings. The minimum Gasteiger partial charge on any atom is -0.299 e. The zero-order valence-electron chi connectivity index (χ0n) is 10.1. The van der Waals surface area contributed by atoms with Gasteiger partial charge in [-0.15, -0.1) is 0 Å². The lowest BCUT2D eigenvalue weighted by molar-refractivity contribution is -0.130. The van der Waals surface area contributed by atoms with Crippen molar-refractivity contribution in [2.75, 3.05) is 13.1 Å². The first kappa shape index (κ1) is 11.7. The Morgan fingerprint density at radius 2 is 1.86 bits per heavy atom. The Kier molecular flexibility index (Phi) is 3.36. The number of hydrogen-bond donors (Lipinski definition) is 0. The quantitative estimate of drug-likeness (QED) is 0.692. The van der Waals surface area contributed by atoms with Gasteiger partial charge >= 0.3 is 0 Å². The highest BCUT2D eigenvalue weighted by Crippen LogP contribution is 2.26. The number of Topliss-reactive ketones (excluding diaryl/α,β-unsaturated/α-hetero) is 1. The van der Waals surface area contributed by atoms with Gasteiger partial charge < -0.3 is 0 Å². The fourth-order valence-corrected chi connectivity index (χ4v) is 1.80. The molecule has 0 aliphatic carbocycles. The van der Waals surface area contributed by atoms with E-state index in [2.05, 4.69) is 39.5 Å². The third-order valence-corrected chi connectivity index (χ3v) is 2.80. The van der Waals surface area contributed by atoms with E-state index in [9.17, 15) is 4.79 Å². The van der Waals surface area contributed by atoms with E-state index in [4.69, 9.17) is 0 Å². The summed E-state index contributed by atoms with van der Waals surface area (Å²) in [6.07, 6.45) is 0.726. The fourth-order valence-electron chi connectivity index (χ4n) is 1.80. The van der Waals surface area contributed by atoms with E-state index in [1.807, 2.05) is 0 Å². The molecule has 0 amide bonds. The number of likely N-dealkylation sites (tertiary alicyclic amines) is 1. The number of rotatable bonds is 3. The number of carbonyl (C=O) groups is 1. The van der Waals surface area contributed by atoms with Gasteiger partial charge in [0.1, 0.15) is 5.78 Å². The van der Waals surface area contributed by atoms with Crippen LogP contribution in [0.4, 0.5) is 0 Å². The summed E-state index contributed by atoms with van der Waals surface area (Å²) in [5, 5.41) is 0. The molecule has 0 radical (unpaired) electrons. The Morgan fingerprint density at radius 3 is 2.21 bits per heavy atom. The topological polar surface area (TPSA) is 20.3 Å². The van der Waals surface area contributed by atoms with Crippen molar-refractivity contribution in [3.05, 3.63) is 0 Å². The van der Waals surface area contributed by atoms with E-state index in [1.54, 1.807) is 0 Å². The molecule has 2 nitrogen and oxygen atoms in total. The normalized spacial score (nSPS) is 19.9. The maximum Gasteiger partial charge on any atom is 0.139 e. The highest BCUT2D eigenvalue weighted by molar-refractivity contribution is 5.82. The Morgan fingerprint density at radius 1 is 1.36 bits per heavy atom. The van der Waals surface area contributed by atoms with E-state index >= 15 is 0 Å². The van der Waals surface area contributed by atoms with Crippen LogP contribution in [0.2, 0.25) is 0 Å². The van der Waals surface area contributed by atoms with E-state index < -0.39 is 0 Å². The first-order valence-corrected chi connectivity index (χ1v) is 5.56. The van der Waals surface area contributed by atoms with Crippen LogP contribution >= 0.6 is 0 Å². The van der Waals surface area contributed by atoms with Gasteiger partial charge in [0.25, 0.3) is 0 Å². The molecule has 2 heteroatoms. The second kappa shape index (κ2) is 4.01. The zero-order chi connectivity index (χ0) is 10.9. The molecule has 1 heterocycles. The molecule has 0 N–H and O–H groups in total. The summed E-state index contributed by atoms with van der Waals surface area (Å²) >= 11 is 0. The van der Waals surface area contributed by atoms with Crippen molar-refractivity contribution < 1.29 is 4.79 Å². The highest BCUT2D eigenvalue weighted by atomic mass is 16.1. The second-order valence-corrected chi connectivity index (χ2v) is 5.95. The molecule has 0 aromatic carbocycles. The van der Waals surface area contributed by atoms with Gasteiger partial charge in [-0.2, -0.15) is 0 Å². The number of hydrogen-bond acceptors (Lipinski definition) is 2. The third kappa shape index (κ3) is 3.09. The minimum atomic E-state index is 0.148. The summed E-state index contributed by atoms with van der Waals surface area (Å²) in [4.78, 5) is 14.1. The van der Waals surface area contributed by atoms with Gasteiger partial charge in [0.2, 0.25) is 0 Å². The fraction of sp³-hybridized carbons (Fsp3) is 0.917. The molecule has 0 aromatic heterocycles. The maximum atomic E-state index is 11.8. The molecule has 1 aliphatic heterocycles. The summed E-state index contributed by atoms with van der Waals surface area (Å²) in [5.41, 5.74) is 0.148. The van der Waals surface area contributed by atoms with Gasteiger partial charge in [-0.3, -0.25) is 9.69 Å². The van der Waals surface area contributed by atoms with Crippen LogP contribution in [-0.2, 0) is 4.79 Å². The SMILES string of the molecule is CC(C)N1CC(C(=O)CC(C)(C)C)C1. The molecule has 1 rings (SSSR count). The Bertz CT molecular complexity index is 209. The molecule has 14 heavy (non-hydrogen) atoms. The van der Waals surface area contributed by atoms with Crippen molar-refractivity contribution >= 4 is 5.78 Å². The smallest absolute Gasteiger partial charge is 0.139 e. The van der Waals surface area contributed by atoms with E-state index in [0.29, 0.717) is 17.7 Å². The average Bonchev–Trinajstić information content (AvgIpc) is 1.75. The summed E-state index contributed by atoms with van der Waals surface area (Å²) in [6.45, 7) is 12.7. The van der Waals surface area contributed by atoms with E-state index in [0.717, 1.165) is 19.5 Å². The first-order chi connectivity index (χ1) is 6.29. The standard InChI is InChI=1S/C12H23NO/c1-9(2)13-7-10(8-13)11(14)6-12(3,4)5/h9-10H,6-8H2,1-5H3. The monoisotopic (exact) mass is 197 g/mol. The molecule has 0 atom stereocenters. The number of carbonyl (C=O) groups excluding carboxylic acids is 1. The van der Waals surface area contributed by atoms with Gasteiger partial charge in [-0.05, 0) is 19.3 Å². The van der Waals surface area contributed by atoms with Crippen molar-refractivity contribution in [3.63, 3.8) is 0 Å². The molecule has 82 valence electrons. The number of ketones is 1. The Hall–Kier alpha value is -0.370. The van der Waals surface area contributed by atoms with Gasteiger partial charge in [0, 0.05) is 31.5 Å². The molecule has 1 saturated heterocycles. The van der Waals surface area contributed by atoms with E-state index in [-0.39, 0.29) is 5.41 Å². The minimum absolute atomic E-state index is 0.148. The van der Waals surface area contributed by atoms with Crippen LogP contribution in [0.1, 0.15) is 41.0 Å². The molecular formula is C12H23NO. The van der Waals surface area contributed by atoms with Gasteiger partial charge in [-0.25, -0.2) is 0 Å². The molecule has 0 unspecified atom stereocenters. The van der Waals surface area contributed by atoms with Gasteiger partial charge in [0.15, 0.2) is 0 Å². The summed E-state index contributed by atoms with van der Waals surface area (Å²) in [6, 6.07) is 0.591. The summed E-state index contributed by atoms with van der Waals surface area (Å²) in [5.74, 6) is 0.769. The van der Waals surface area contributed by atoms with Crippen LogP contribution in [0.15, 0.2) is 0 Å². The van der Waals surface area contributed by atoms with Crippen LogP contribution in [0.25, 0.3) is 0 Å². The zero-order valence-corrected chi connectivity index (χ0v) is 10.1. The van der Waals surface area contributed by atoms with Crippen molar-refractivity contribution in [2.24, 2.45) is 11.3 Å². The Balaban J connectivity index is 2.30. The first-order valence-electron chi connectivity index (χ1n) is 5.56. The van der Waals surface area contributed by atoms with Crippen LogP contribution in [-0.4, -0.2) is 29.8 Å². The second-order valence-electron chi connectivity index (χ2n) is 5.95. The molecule has 0 saturated carbocycles. The Labute approximate surface area is 87.7 Å². The molecular weight excluding hydrogens is 174 g/mol. The van der Waals surface area contributed by atoms with Crippen LogP contribution < -0.4 is 0 Å². The lowest BCUT2D eigenvalue weighted by atomic mass is 9.82.